The molecule has 188 valence electrons. The second-order valence-electron chi connectivity index (χ2n) is 9.28. The Morgan fingerprint density at radius 1 is 1.12 bits per heavy atom. The Morgan fingerprint density at radius 2 is 1.82 bits per heavy atom. The molecule has 5 nitrogen and oxygen atoms in total. The van der Waals surface area contributed by atoms with Crippen molar-refractivity contribution >= 4 is 0 Å². The van der Waals surface area contributed by atoms with Crippen LogP contribution in [0.15, 0.2) is 17.1 Å². The second-order valence-corrected chi connectivity index (χ2v) is 9.28. The summed E-state index contributed by atoms with van der Waals surface area (Å²) < 4.78 is 40.7. The van der Waals surface area contributed by atoms with Gasteiger partial charge in [0, 0.05) is 31.2 Å². The van der Waals surface area contributed by atoms with Crippen LogP contribution in [0.4, 0.5) is 13.2 Å². The molecule has 2 rings (SSSR count). The zero-order valence-corrected chi connectivity index (χ0v) is 20.7. The average Bonchev–Trinajstić information content (AvgIpc) is 3.17. The summed E-state index contributed by atoms with van der Waals surface area (Å²) >= 11 is 0. The third-order valence-electron chi connectivity index (χ3n) is 6.63. The molecule has 0 aliphatic heterocycles. The second kappa shape index (κ2) is 12.6. The molecule has 0 saturated carbocycles. The van der Waals surface area contributed by atoms with Crippen LogP contribution in [0.25, 0.3) is 0 Å². The zero-order chi connectivity index (χ0) is 24.6. The standard InChI is InChI=1S/C25H41F3N4O/c1-6-9-11-16-32(17-18(4)19(5)31(14-8-3)15-10-7-2)21-13-12-20-22(25(26,27)28)24(33)30-29-23(20)21/h18,21H,5-17H2,1-4H3,(H,30,33). The lowest BCUT2D eigenvalue weighted by atomic mass is 10.0. The SMILES string of the molecule is C=C(C(C)CN(CCCCC)C1CCc2c1n[nH]c(=O)c2C(F)(F)F)N(CCC)CCCC. The van der Waals surface area contributed by atoms with E-state index in [1.165, 1.54) is 0 Å². The number of aromatic nitrogens is 2. The third kappa shape index (κ3) is 7.08. The first kappa shape index (κ1) is 27.4. The minimum absolute atomic E-state index is 0.0683. The number of rotatable bonds is 14. The van der Waals surface area contributed by atoms with Crippen LogP contribution in [0.2, 0.25) is 0 Å². The van der Waals surface area contributed by atoms with E-state index < -0.39 is 17.3 Å². The molecule has 0 spiro atoms. The van der Waals surface area contributed by atoms with Crippen molar-refractivity contribution in [1.29, 1.82) is 0 Å². The fraction of sp³-hybridized carbons (Fsp3) is 0.760. The Morgan fingerprint density at radius 3 is 2.42 bits per heavy atom. The van der Waals surface area contributed by atoms with E-state index in [0.29, 0.717) is 18.7 Å². The molecule has 0 aromatic carbocycles. The van der Waals surface area contributed by atoms with Crippen LogP contribution < -0.4 is 5.56 Å². The topological polar surface area (TPSA) is 52.2 Å². The maximum atomic E-state index is 13.6. The normalized spacial score (nSPS) is 16.8. The molecule has 1 N–H and O–H groups in total. The first-order valence-corrected chi connectivity index (χ1v) is 12.5. The maximum Gasteiger partial charge on any atom is 0.422 e. The smallest absolute Gasteiger partial charge is 0.375 e. The van der Waals surface area contributed by atoms with Gasteiger partial charge < -0.3 is 4.90 Å². The van der Waals surface area contributed by atoms with Crippen LogP contribution in [0.1, 0.15) is 95.5 Å². The maximum absolute atomic E-state index is 13.6. The number of hydrogen-bond acceptors (Lipinski definition) is 4. The van der Waals surface area contributed by atoms with Gasteiger partial charge in [-0.25, -0.2) is 5.10 Å². The fourth-order valence-electron chi connectivity index (χ4n) is 4.83. The molecule has 1 heterocycles. The molecule has 0 radical (unpaired) electrons. The van der Waals surface area contributed by atoms with Gasteiger partial charge >= 0.3 is 6.18 Å². The molecule has 1 aliphatic rings. The lowest BCUT2D eigenvalue weighted by Crippen LogP contribution is -2.37. The fourth-order valence-corrected chi connectivity index (χ4v) is 4.83. The van der Waals surface area contributed by atoms with E-state index in [0.717, 1.165) is 63.9 Å². The van der Waals surface area contributed by atoms with Crippen molar-refractivity contribution in [2.24, 2.45) is 5.92 Å². The Hall–Kier alpha value is -1.83. The quantitative estimate of drug-likeness (QED) is 0.343. The Labute approximate surface area is 196 Å². The lowest BCUT2D eigenvalue weighted by Gasteiger charge is -2.35. The van der Waals surface area contributed by atoms with E-state index in [-0.39, 0.29) is 23.9 Å². The van der Waals surface area contributed by atoms with Crippen LogP contribution >= 0.6 is 0 Å². The number of fused-ring (bicyclic) bond motifs is 1. The number of hydrogen-bond donors (Lipinski definition) is 1. The van der Waals surface area contributed by atoms with Gasteiger partial charge in [0.25, 0.3) is 5.56 Å². The van der Waals surface area contributed by atoms with Gasteiger partial charge in [-0.2, -0.15) is 18.3 Å². The minimum Gasteiger partial charge on any atom is -0.375 e. The summed E-state index contributed by atoms with van der Waals surface area (Å²) in [4.78, 5) is 16.6. The number of halogens is 3. The van der Waals surface area contributed by atoms with Crippen LogP contribution in [0.3, 0.4) is 0 Å². The van der Waals surface area contributed by atoms with Crippen molar-refractivity contribution in [3.8, 4) is 0 Å². The summed E-state index contributed by atoms with van der Waals surface area (Å²) in [6, 6.07) is -0.222. The number of unbranched alkanes of at least 4 members (excludes halogenated alkanes) is 3. The predicted octanol–water partition coefficient (Wildman–Crippen LogP) is 5.93. The van der Waals surface area contributed by atoms with E-state index >= 15 is 0 Å². The number of H-pyrrole nitrogens is 1. The summed E-state index contributed by atoms with van der Waals surface area (Å²) in [5, 5.41) is 6.22. The largest absolute Gasteiger partial charge is 0.422 e. The average molecular weight is 471 g/mol. The van der Waals surface area contributed by atoms with Gasteiger partial charge in [-0.05, 0) is 44.2 Å². The number of aromatic amines is 1. The highest BCUT2D eigenvalue weighted by molar-refractivity contribution is 5.36. The molecule has 8 heteroatoms. The molecule has 33 heavy (non-hydrogen) atoms. The molecule has 2 atom stereocenters. The molecule has 1 aromatic heterocycles. The summed E-state index contributed by atoms with van der Waals surface area (Å²) in [6.45, 7) is 16.5. The molecule has 1 aromatic rings. The predicted molar refractivity (Wildman–Crippen MR) is 127 cm³/mol. The van der Waals surface area contributed by atoms with Crippen molar-refractivity contribution in [3.63, 3.8) is 0 Å². The Kier molecular flexibility index (Phi) is 10.5. The first-order valence-electron chi connectivity index (χ1n) is 12.5. The van der Waals surface area contributed by atoms with Crippen LogP contribution in [-0.4, -0.2) is 46.2 Å². The van der Waals surface area contributed by atoms with E-state index in [9.17, 15) is 18.0 Å². The van der Waals surface area contributed by atoms with E-state index in [1.807, 2.05) is 0 Å². The van der Waals surface area contributed by atoms with Gasteiger partial charge in [0.15, 0.2) is 0 Å². The number of alkyl halides is 3. The van der Waals surface area contributed by atoms with E-state index in [4.69, 9.17) is 0 Å². The first-order chi connectivity index (χ1) is 15.6. The Bertz CT molecular complexity index is 821. The highest BCUT2D eigenvalue weighted by Crippen LogP contribution is 2.40. The molecule has 2 unspecified atom stereocenters. The van der Waals surface area contributed by atoms with Gasteiger partial charge in [0.1, 0.15) is 5.56 Å². The van der Waals surface area contributed by atoms with Gasteiger partial charge in [0.05, 0.1) is 11.7 Å². The van der Waals surface area contributed by atoms with Gasteiger partial charge in [-0.15, -0.1) is 0 Å². The molecule has 0 saturated heterocycles. The molecule has 0 bridgehead atoms. The van der Waals surface area contributed by atoms with Crippen LogP contribution in [0, 0.1) is 5.92 Å². The monoisotopic (exact) mass is 470 g/mol. The molecule has 0 fully saturated rings. The zero-order valence-electron chi connectivity index (χ0n) is 20.7. The van der Waals surface area contributed by atoms with Gasteiger partial charge in [-0.1, -0.05) is 53.5 Å². The minimum atomic E-state index is -4.68. The number of nitrogens with one attached hydrogen (secondary N) is 1. The lowest BCUT2D eigenvalue weighted by molar-refractivity contribution is -0.139. The van der Waals surface area contributed by atoms with E-state index in [2.05, 4.69) is 54.3 Å². The summed E-state index contributed by atoms with van der Waals surface area (Å²) in [5.74, 6) is 0.170. The highest BCUT2D eigenvalue weighted by Gasteiger charge is 2.42. The van der Waals surface area contributed by atoms with Crippen LogP contribution in [-0.2, 0) is 12.6 Å². The molecule has 1 aliphatic carbocycles. The molecular formula is C25H41F3N4O. The summed E-state index contributed by atoms with van der Waals surface area (Å²) in [5.41, 5.74) is -0.678. The highest BCUT2D eigenvalue weighted by atomic mass is 19.4. The van der Waals surface area contributed by atoms with Crippen molar-refractivity contribution in [2.75, 3.05) is 26.2 Å². The van der Waals surface area contributed by atoms with Gasteiger partial charge in [-0.3, -0.25) is 9.69 Å². The van der Waals surface area contributed by atoms with Crippen molar-refractivity contribution in [1.82, 2.24) is 20.0 Å². The number of nitrogens with zero attached hydrogens (tertiary/aromatic N) is 3. The van der Waals surface area contributed by atoms with Crippen molar-refractivity contribution in [2.45, 2.75) is 91.3 Å². The van der Waals surface area contributed by atoms with Crippen LogP contribution in [0.5, 0.6) is 0 Å². The molecule has 0 amide bonds. The van der Waals surface area contributed by atoms with Crippen molar-refractivity contribution < 1.29 is 13.2 Å². The Balaban J connectivity index is 2.28. The van der Waals surface area contributed by atoms with Gasteiger partial charge in [0.2, 0.25) is 0 Å². The van der Waals surface area contributed by atoms with Crippen molar-refractivity contribution in [3.05, 3.63) is 39.5 Å². The summed E-state index contributed by atoms with van der Waals surface area (Å²) in [7, 11) is 0. The summed E-state index contributed by atoms with van der Waals surface area (Å²) in [6.07, 6.45) is 2.49. The van der Waals surface area contributed by atoms with E-state index in [1.54, 1.807) is 0 Å². The molecular weight excluding hydrogens is 429 g/mol. The third-order valence-corrected chi connectivity index (χ3v) is 6.63.